The number of nitrogens with one attached hydrogen (secondary N) is 1. The Hall–Kier alpha value is -1.06. The van der Waals surface area contributed by atoms with E-state index in [1.54, 1.807) is 0 Å². The first kappa shape index (κ1) is 13.9. The molecule has 1 N–H and O–H groups in total. The third-order valence-corrected chi connectivity index (χ3v) is 4.79. The second-order valence-electron chi connectivity index (χ2n) is 6.34. The third-order valence-electron chi connectivity index (χ3n) is 4.79. The highest BCUT2D eigenvalue weighted by Gasteiger charge is 2.31. The van der Waals surface area contributed by atoms with E-state index in [0.29, 0.717) is 0 Å². The summed E-state index contributed by atoms with van der Waals surface area (Å²) >= 11 is 0. The number of piperidine rings is 1. The molecule has 0 atom stereocenters. The van der Waals surface area contributed by atoms with Crippen LogP contribution in [-0.2, 0) is 13.0 Å². The standard InChI is InChI=1S/C17H26N2O/c1-3-19-10-7-17(2,8-11-19)20-16-5-4-14-6-9-18-13-15(14)12-16/h4-5,12,18H,3,6-11,13H2,1-2H3. The van der Waals surface area contributed by atoms with Crippen molar-refractivity contribution in [2.45, 2.75) is 45.3 Å². The highest BCUT2D eigenvalue weighted by molar-refractivity contribution is 5.37. The van der Waals surface area contributed by atoms with Gasteiger partial charge in [-0.25, -0.2) is 0 Å². The van der Waals surface area contributed by atoms with Crippen molar-refractivity contribution in [3.8, 4) is 5.75 Å². The zero-order valence-electron chi connectivity index (χ0n) is 12.7. The monoisotopic (exact) mass is 274 g/mol. The Morgan fingerprint density at radius 2 is 2.05 bits per heavy atom. The van der Waals surface area contributed by atoms with E-state index in [1.807, 2.05) is 0 Å². The molecule has 0 saturated carbocycles. The Kier molecular flexibility index (Phi) is 3.99. The van der Waals surface area contributed by atoms with Crippen molar-refractivity contribution in [3.63, 3.8) is 0 Å². The molecule has 0 aliphatic carbocycles. The van der Waals surface area contributed by atoms with Crippen LogP contribution in [0.4, 0.5) is 0 Å². The van der Waals surface area contributed by atoms with E-state index in [-0.39, 0.29) is 5.60 Å². The summed E-state index contributed by atoms with van der Waals surface area (Å²) in [5.41, 5.74) is 2.88. The van der Waals surface area contributed by atoms with Crippen molar-refractivity contribution in [2.24, 2.45) is 0 Å². The number of benzene rings is 1. The van der Waals surface area contributed by atoms with Gasteiger partial charge in [0, 0.05) is 19.6 Å². The van der Waals surface area contributed by atoms with Crippen LogP contribution in [0.3, 0.4) is 0 Å². The number of rotatable bonds is 3. The van der Waals surface area contributed by atoms with Gasteiger partial charge in [-0.15, -0.1) is 0 Å². The van der Waals surface area contributed by atoms with Gasteiger partial charge < -0.3 is 15.0 Å². The van der Waals surface area contributed by atoms with Crippen LogP contribution >= 0.6 is 0 Å². The number of hydrogen-bond donors (Lipinski definition) is 1. The molecule has 1 aromatic carbocycles. The van der Waals surface area contributed by atoms with Gasteiger partial charge in [0.1, 0.15) is 11.4 Å². The van der Waals surface area contributed by atoms with Crippen molar-refractivity contribution < 1.29 is 4.74 Å². The lowest BCUT2D eigenvalue weighted by Gasteiger charge is -2.39. The maximum Gasteiger partial charge on any atom is 0.120 e. The quantitative estimate of drug-likeness (QED) is 0.917. The normalized spacial score (nSPS) is 22.3. The molecule has 0 unspecified atom stereocenters. The van der Waals surface area contributed by atoms with E-state index in [1.165, 1.54) is 11.1 Å². The van der Waals surface area contributed by atoms with Crippen molar-refractivity contribution in [1.82, 2.24) is 10.2 Å². The molecule has 3 heteroatoms. The topological polar surface area (TPSA) is 24.5 Å². The third kappa shape index (κ3) is 2.99. The maximum absolute atomic E-state index is 6.35. The van der Waals surface area contributed by atoms with Gasteiger partial charge in [0.15, 0.2) is 0 Å². The summed E-state index contributed by atoms with van der Waals surface area (Å²) in [5.74, 6) is 1.04. The Morgan fingerprint density at radius 1 is 1.25 bits per heavy atom. The molecular formula is C17H26N2O. The van der Waals surface area contributed by atoms with Gasteiger partial charge in [-0.3, -0.25) is 0 Å². The lowest BCUT2D eigenvalue weighted by atomic mass is 9.93. The molecule has 0 amide bonds. The van der Waals surface area contributed by atoms with Crippen LogP contribution in [-0.4, -0.2) is 36.7 Å². The van der Waals surface area contributed by atoms with E-state index >= 15 is 0 Å². The number of likely N-dealkylation sites (tertiary alicyclic amines) is 1. The molecule has 0 spiro atoms. The molecule has 110 valence electrons. The van der Waals surface area contributed by atoms with Crippen LogP contribution in [0, 0.1) is 0 Å². The van der Waals surface area contributed by atoms with E-state index in [0.717, 1.165) is 57.7 Å². The Bertz CT molecular complexity index is 464. The van der Waals surface area contributed by atoms with Crippen LogP contribution < -0.4 is 10.1 Å². The predicted octanol–water partition coefficient (Wildman–Crippen LogP) is 2.59. The Labute approximate surface area is 122 Å². The highest BCUT2D eigenvalue weighted by Crippen LogP contribution is 2.30. The Balaban J connectivity index is 1.68. The predicted molar refractivity (Wildman–Crippen MR) is 82.2 cm³/mol. The second kappa shape index (κ2) is 5.74. The SMILES string of the molecule is CCN1CCC(C)(Oc2ccc3c(c2)CNCC3)CC1. The maximum atomic E-state index is 6.35. The summed E-state index contributed by atoms with van der Waals surface area (Å²) < 4.78 is 6.35. The van der Waals surface area contributed by atoms with E-state index < -0.39 is 0 Å². The molecule has 2 aliphatic rings. The van der Waals surface area contributed by atoms with Gasteiger partial charge in [-0.2, -0.15) is 0 Å². The van der Waals surface area contributed by atoms with Gasteiger partial charge >= 0.3 is 0 Å². The summed E-state index contributed by atoms with van der Waals surface area (Å²) in [6.07, 6.45) is 3.38. The van der Waals surface area contributed by atoms with Crippen LogP contribution in [0.1, 0.15) is 37.8 Å². The van der Waals surface area contributed by atoms with E-state index in [4.69, 9.17) is 4.74 Å². The zero-order valence-corrected chi connectivity index (χ0v) is 12.7. The molecule has 20 heavy (non-hydrogen) atoms. The number of ether oxygens (including phenoxy) is 1. The van der Waals surface area contributed by atoms with Crippen LogP contribution in [0.2, 0.25) is 0 Å². The summed E-state index contributed by atoms with van der Waals surface area (Å²) in [4.78, 5) is 2.50. The van der Waals surface area contributed by atoms with Gasteiger partial charge in [0.05, 0.1) is 0 Å². The largest absolute Gasteiger partial charge is 0.487 e. The van der Waals surface area contributed by atoms with E-state index in [2.05, 4.69) is 42.3 Å². The molecule has 3 rings (SSSR count). The fourth-order valence-electron chi connectivity index (χ4n) is 3.25. The van der Waals surface area contributed by atoms with Gasteiger partial charge in [0.25, 0.3) is 0 Å². The fourth-order valence-corrected chi connectivity index (χ4v) is 3.25. The first-order chi connectivity index (χ1) is 9.68. The smallest absolute Gasteiger partial charge is 0.120 e. The molecule has 2 heterocycles. The molecule has 2 aliphatic heterocycles. The first-order valence-corrected chi connectivity index (χ1v) is 7.92. The van der Waals surface area contributed by atoms with Gasteiger partial charge in [-0.1, -0.05) is 13.0 Å². The van der Waals surface area contributed by atoms with Crippen molar-refractivity contribution in [2.75, 3.05) is 26.2 Å². The van der Waals surface area contributed by atoms with Crippen LogP contribution in [0.25, 0.3) is 0 Å². The highest BCUT2D eigenvalue weighted by atomic mass is 16.5. The molecule has 0 aromatic heterocycles. The molecule has 0 radical (unpaired) electrons. The molecular weight excluding hydrogens is 248 g/mol. The molecule has 1 aromatic rings. The second-order valence-corrected chi connectivity index (χ2v) is 6.34. The van der Waals surface area contributed by atoms with Gasteiger partial charge in [0.2, 0.25) is 0 Å². The number of nitrogens with zero attached hydrogens (tertiary/aromatic N) is 1. The van der Waals surface area contributed by atoms with E-state index in [9.17, 15) is 0 Å². The minimum absolute atomic E-state index is 0.00199. The summed E-state index contributed by atoms with van der Waals surface area (Å²) in [6.45, 7) is 10.0. The Morgan fingerprint density at radius 3 is 2.80 bits per heavy atom. The van der Waals surface area contributed by atoms with Crippen molar-refractivity contribution in [3.05, 3.63) is 29.3 Å². The fraction of sp³-hybridized carbons (Fsp3) is 0.647. The molecule has 0 bridgehead atoms. The molecule has 3 nitrogen and oxygen atoms in total. The van der Waals surface area contributed by atoms with Crippen molar-refractivity contribution >= 4 is 0 Å². The van der Waals surface area contributed by atoms with Crippen LogP contribution in [0.15, 0.2) is 18.2 Å². The lowest BCUT2D eigenvalue weighted by Crippen LogP contribution is -2.45. The average molecular weight is 274 g/mol. The zero-order chi connectivity index (χ0) is 14.0. The number of hydrogen-bond acceptors (Lipinski definition) is 3. The average Bonchev–Trinajstić information content (AvgIpc) is 2.48. The minimum atomic E-state index is 0.00199. The molecule has 1 fully saturated rings. The number of fused-ring (bicyclic) bond motifs is 1. The lowest BCUT2D eigenvalue weighted by molar-refractivity contribution is 0.0182. The first-order valence-electron chi connectivity index (χ1n) is 7.92. The van der Waals surface area contributed by atoms with Crippen LogP contribution in [0.5, 0.6) is 5.75 Å². The summed E-state index contributed by atoms with van der Waals surface area (Å²) in [7, 11) is 0. The summed E-state index contributed by atoms with van der Waals surface area (Å²) in [6, 6.07) is 6.64. The summed E-state index contributed by atoms with van der Waals surface area (Å²) in [5, 5.41) is 3.43. The van der Waals surface area contributed by atoms with Gasteiger partial charge in [-0.05, 0) is 62.5 Å². The molecule has 1 saturated heterocycles. The minimum Gasteiger partial charge on any atom is -0.487 e. The van der Waals surface area contributed by atoms with Crippen molar-refractivity contribution in [1.29, 1.82) is 0 Å².